The lowest BCUT2D eigenvalue weighted by Gasteiger charge is -2.36. The highest BCUT2D eigenvalue weighted by atomic mass is 32.1. The van der Waals surface area contributed by atoms with Crippen molar-refractivity contribution in [3.63, 3.8) is 0 Å². The van der Waals surface area contributed by atoms with E-state index in [2.05, 4.69) is 20.1 Å². The normalized spacial score (nSPS) is 19.6. The monoisotopic (exact) mass is 754 g/mol. The lowest BCUT2D eigenvalue weighted by molar-refractivity contribution is -0.136. The first-order valence-corrected chi connectivity index (χ1v) is 19.0. The summed E-state index contributed by atoms with van der Waals surface area (Å²) < 4.78 is 55.5. The highest BCUT2D eigenvalue weighted by Gasteiger charge is 2.45. The number of amides is 4. The van der Waals surface area contributed by atoms with Crippen molar-refractivity contribution in [2.75, 3.05) is 75.4 Å². The molecule has 4 aliphatic heterocycles. The van der Waals surface area contributed by atoms with E-state index < -0.39 is 47.1 Å². The van der Waals surface area contributed by atoms with Crippen molar-refractivity contribution in [3.8, 4) is 17.0 Å². The highest BCUT2D eigenvalue weighted by molar-refractivity contribution is 7.14. The SMILES string of the molecule is O=C1CCC(N2C(=O)c3cc(F)c(N4CCN(CCCCCCCOc5c(-c6csc(N7CCOCC7)n6)ccc(F)c5F)CC4)cc3C2=O)C(=O)N1. The summed E-state index contributed by atoms with van der Waals surface area (Å²) in [5.41, 5.74) is 1.20. The van der Waals surface area contributed by atoms with E-state index in [1.807, 2.05) is 10.3 Å². The fourth-order valence-electron chi connectivity index (χ4n) is 7.24. The Labute approximate surface area is 308 Å². The minimum atomic E-state index is -1.11. The quantitative estimate of drug-likeness (QED) is 0.196. The van der Waals surface area contributed by atoms with Gasteiger partial charge >= 0.3 is 0 Å². The van der Waals surface area contributed by atoms with Gasteiger partial charge in [-0.15, -0.1) is 11.3 Å². The molecule has 16 heteroatoms. The minimum Gasteiger partial charge on any atom is -0.490 e. The van der Waals surface area contributed by atoms with Gasteiger partial charge in [0.2, 0.25) is 17.6 Å². The number of benzene rings is 2. The van der Waals surface area contributed by atoms with Gasteiger partial charge in [-0.1, -0.05) is 19.3 Å². The van der Waals surface area contributed by atoms with Gasteiger partial charge in [-0.3, -0.25) is 34.3 Å². The summed E-state index contributed by atoms with van der Waals surface area (Å²) in [5, 5.41) is 4.81. The molecule has 12 nitrogen and oxygen atoms in total. The van der Waals surface area contributed by atoms with Crippen molar-refractivity contribution in [2.45, 2.75) is 51.0 Å². The number of piperazine rings is 1. The molecule has 0 bridgehead atoms. The molecule has 53 heavy (non-hydrogen) atoms. The molecule has 3 fully saturated rings. The largest absolute Gasteiger partial charge is 0.490 e. The summed E-state index contributed by atoms with van der Waals surface area (Å²) in [4.78, 5) is 61.9. The number of unbranched alkanes of at least 4 members (excludes halogenated alkanes) is 4. The maximum atomic E-state index is 15.3. The molecule has 1 unspecified atom stereocenters. The van der Waals surface area contributed by atoms with Crippen molar-refractivity contribution in [2.24, 2.45) is 0 Å². The van der Waals surface area contributed by atoms with Crippen LogP contribution >= 0.6 is 11.3 Å². The predicted octanol–water partition coefficient (Wildman–Crippen LogP) is 4.62. The molecule has 5 heterocycles. The van der Waals surface area contributed by atoms with Gasteiger partial charge in [-0.05, 0) is 50.1 Å². The molecule has 1 aromatic heterocycles. The van der Waals surface area contributed by atoms with Crippen LogP contribution < -0.4 is 19.9 Å². The van der Waals surface area contributed by atoms with Gasteiger partial charge in [-0.2, -0.15) is 4.39 Å². The molecule has 1 atom stereocenters. The van der Waals surface area contributed by atoms with E-state index in [0.29, 0.717) is 57.1 Å². The van der Waals surface area contributed by atoms with Crippen LogP contribution in [0.3, 0.4) is 0 Å². The van der Waals surface area contributed by atoms with Gasteiger partial charge in [-0.25, -0.2) is 13.8 Å². The third-order valence-corrected chi connectivity index (χ3v) is 11.1. The van der Waals surface area contributed by atoms with Crippen molar-refractivity contribution < 1.29 is 41.8 Å². The van der Waals surface area contributed by atoms with Gasteiger partial charge in [0.15, 0.2) is 16.7 Å². The average molecular weight is 755 g/mol. The van der Waals surface area contributed by atoms with E-state index in [0.717, 1.165) is 67.5 Å². The van der Waals surface area contributed by atoms with E-state index in [-0.39, 0.29) is 42.0 Å². The van der Waals surface area contributed by atoms with Crippen molar-refractivity contribution >= 4 is 45.8 Å². The van der Waals surface area contributed by atoms with Gasteiger partial charge in [0.05, 0.1) is 42.3 Å². The summed E-state index contributed by atoms with van der Waals surface area (Å²) in [5.74, 6) is -5.26. The van der Waals surface area contributed by atoms with E-state index in [4.69, 9.17) is 9.47 Å². The molecule has 0 radical (unpaired) electrons. The Morgan fingerprint density at radius 3 is 2.30 bits per heavy atom. The first-order valence-electron chi connectivity index (χ1n) is 18.1. The molecule has 3 aromatic rings. The number of nitrogens with zero attached hydrogens (tertiary/aromatic N) is 5. The number of nitrogens with one attached hydrogen (secondary N) is 1. The van der Waals surface area contributed by atoms with E-state index in [1.165, 1.54) is 23.5 Å². The van der Waals surface area contributed by atoms with Gasteiger partial charge in [0.1, 0.15) is 11.9 Å². The van der Waals surface area contributed by atoms with Crippen LogP contribution in [-0.4, -0.2) is 110 Å². The third-order valence-electron chi connectivity index (χ3n) is 10.2. The summed E-state index contributed by atoms with van der Waals surface area (Å²) in [6.45, 7) is 6.33. The number of anilines is 2. The average Bonchev–Trinajstić information content (AvgIpc) is 3.74. The number of hydrogen-bond acceptors (Lipinski definition) is 11. The second-order valence-corrected chi connectivity index (χ2v) is 14.4. The van der Waals surface area contributed by atoms with Crippen LogP contribution in [-0.2, 0) is 14.3 Å². The standard InChI is InChI=1S/C37H41F3N6O6S/c38-26-7-6-23(28-22-53-37(41-28)45-15-18-51-19-16-45)33(32(26)40)52-17-5-3-1-2-4-10-43-11-13-44(14-12-43)30-21-25-24(20-27(30)39)35(49)46(36(25)50)29-8-9-31(47)42-34(29)48/h6-7,20-22,29H,1-5,8-19H2,(H,42,47,48). The van der Waals surface area contributed by atoms with Crippen molar-refractivity contribution in [3.05, 3.63) is 58.2 Å². The van der Waals surface area contributed by atoms with Crippen LogP contribution in [0, 0.1) is 17.5 Å². The molecule has 2 aromatic carbocycles. The number of halogens is 3. The first kappa shape index (κ1) is 36.8. The zero-order chi connectivity index (χ0) is 37.1. The summed E-state index contributed by atoms with van der Waals surface area (Å²) in [7, 11) is 0. The van der Waals surface area contributed by atoms with Crippen LogP contribution in [0.1, 0.15) is 65.7 Å². The van der Waals surface area contributed by atoms with Gasteiger partial charge < -0.3 is 19.3 Å². The number of ether oxygens (including phenoxy) is 2. The number of piperidine rings is 1. The van der Waals surface area contributed by atoms with Crippen LogP contribution in [0.4, 0.5) is 24.0 Å². The maximum absolute atomic E-state index is 15.3. The lowest BCUT2D eigenvalue weighted by Crippen LogP contribution is -2.54. The fraction of sp³-hybridized carbons (Fsp3) is 0.486. The van der Waals surface area contributed by atoms with Crippen LogP contribution in [0.2, 0.25) is 0 Å². The van der Waals surface area contributed by atoms with Gasteiger partial charge in [0, 0.05) is 56.6 Å². The third kappa shape index (κ3) is 7.89. The Morgan fingerprint density at radius 1 is 0.830 bits per heavy atom. The number of imide groups is 2. The van der Waals surface area contributed by atoms with E-state index >= 15 is 4.39 Å². The van der Waals surface area contributed by atoms with Crippen LogP contribution in [0.15, 0.2) is 29.6 Å². The summed E-state index contributed by atoms with van der Waals surface area (Å²) >= 11 is 1.45. The molecular weight excluding hydrogens is 714 g/mol. The molecule has 4 aliphatic rings. The van der Waals surface area contributed by atoms with Crippen LogP contribution in [0.5, 0.6) is 5.75 Å². The molecule has 3 saturated heterocycles. The molecule has 0 saturated carbocycles. The summed E-state index contributed by atoms with van der Waals surface area (Å²) in [6.07, 6.45) is 4.52. The Balaban J connectivity index is 0.831. The molecule has 0 spiro atoms. The van der Waals surface area contributed by atoms with Gasteiger partial charge in [0.25, 0.3) is 11.8 Å². The number of carbonyl (C=O) groups excluding carboxylic acids is 4. The van der Waals surface area contributed by atoms with Crippen molar-refractivity contribution in [1.82, 2.24) is 20.1 Å². The number of rotatable bonds is 13. The number of carbonyl (C=O) groups is 4. The smallest absolute Gasteiger partial charge is 0.262 e. The maximum Gasteiger partial charge on any atom is 0.262 e. The zero-order valence-corrected chi connectivity index (χ0v) is 30.0. The number of fused-ring (bicyclic) bond motifs is 1. The number of hydrogen-bond donors (Lipinski definition) is 1. The number of thiazole rings is 1. The van der Waals surface area contributed by atoms with E-state index in [9.17, 15) is 28.0 Å². The molecule has 7 rings (SSSR count). The van der Waals surface area contributed by atoms with Crippen LogP contribution in [0.25, 0.3) is 11.3 Å². The highest BCUT2D eigenvalue weighted by Crippen LogP contribution is 2.37. The van der Waals surface area contributed by atoms with Crippen molar-refractivity contribution in [1.29, 1.82) is 0 Å². The summed E-state index contributed by atoms with van der Waals surface area (Å²) in [6, 6.07) is 3.98. The minimum absolute atomic E-state index is 0.00983. The zero-order valence-electron chi connectivity index (χ0n) is 29.2. The molecular formula is C37H41F3N6O6S. The second kappa shape index (κ2) is 16.2. The first-order chi connectivity index (χ1) is 25.7. The fourth-order valence-corrected chi connectivity index (χ4v) is 8.12. The molecule has 1 N–H and O–H groups in total. The second-order valence-electron chi connectivity index (χ2n) is 13.6. The topological polar surface area (TPSA) is 125 Å². The number of aromatic nitrogens is 1. The molecule has 0 aliphatic carbocycles. The lowest BCUT2D eigenvalue weighted by atomic mass is 10.0. The Morgan fingerprint density at radius 2 is 1.55 bits per heavy atom. The Bertz CT molecular complexity index is 1880. The predicted molar refractivity (Wildman–Crippen MR) is 191 cm³/mol. The van der Waals surface area contributed by atoms with E-state index in [1.54, 1.807) is 0 Å². The Hall–Kier alpha value is -4.54. The number of morpholine rings is 1. The molecule has 4 amide bonds. The Kier molecular flexibility index (Phi) is 11.3. The molecule has 282 valence electrons.